The van der Waals surface area contributed by atoms with Gasteiger partial charge in [-0.25, -0.2) is 4.98 Å². The molecule has 1 atom stereocenters. The molecule has 1 fully saturated rings. The number of rotatable bonds is 6. The van der Waals surface area contributed by atoms with Crippen molar-refractivity contribution in [2.45, 2.75) is 31.7 Å². The van der Waals surface area contributed by atoms with Gasteiger partial charge in [0, 0.05) is 13.5 Å². The number of nitrogens with one attached hydrogen (secondary N) is 2. The predicted octanol–water partition coefficient (Wildman–Crippen LogP) is 4.40. The molecule has 5 nitrogen and oxygen atoms in total. The van der Waals surface area contributed by atoms with Crippen LogP contribution >= 0.6 is 24.8 Å². The van der Waals surface area contributed by atoms with Crippen molar-refractivity contribution in [1.29, 1.82) is 0 Å². The van der Waals surface area contributed by atoms with Gasteiger partial charge in [0.1, 0.15) is 11.9 Å². The van der Waals surface area contributed by atoms with Crippen LogP contribution in [0.3, 0.4) is 0 Å². The molecule has 1 amide bonds. The molecule has 7 heteroatoms. The van der Waals surface area contributed by atoms with Gasteiger partial charge in [0.15, 0.2) is 0 Å². The largest absolute Gasteiger partial charge is 0.342 e. The molecule has 162 valence electrons. The molecule has 1 unspecified atom stereocenters. The van der Waals surface area contributed by atoms with Gasteiger partial charge in [0.05, 0.1) is 11.0 Å². The second-order valence-corrected chi connectivity index (χ2v) is 7.66. The Morgan fingerprint density at radius 1 is 1.10 bits per heavy atom. The van der Waals surface area contributed by atoms with Crippen LogP contribution < -0.4 is 10.6 Å². The lowest BCUT2D eigenvalue weighted by atomic mass is 9.93. The number of carbonyl (C=O) groups excluding carboxylic acids is 1. The van der Waals surface area contributed by atoms with E-state index >= 15 is 0 Å². The molecule has 2 N–H and O–H groups in total. The van der Waals surface area contributed by atoms with Crippen LogP contribution in [0.1, 0.15) is 43.1 Å². The second kappa shape index (κ2) is 11.3. The number of nitrogens with zero attached hydrogens (tertiary/aromatic N) is 2. The summed E-state index contributed by atoms with van der Waals surface area (Å²) in [6.07, 6.45) is 3.86. The number of aromatic nitrogens is 2. The number of aryl methyl sites for hydroxylation is 1. The summed E-state index contributed by atoms with van der Waals surface area (Å²) < 4.78 is 2.08. The molecule has 0 spiro atoms. The third-order valence-electron chi connectivity index (χ3n) is 5.76. The monoisotopic (exact) mass is 448 g/mol. The highest BCUT2D eigenvalue weighted by Crippen LogP contribution is 2.25. The van der Waals surface area contributed by atoms with Gasteiger partial charge in [-0.2, -0.15) is 0 Å². The predicted molar refractivity (Wildman–Crippen MR) is 126 cm³/mol. The molecule has 0 aliphatic carbocycles. The lowest BCUT2D eigenvalue weighted by Crippen LogP contribution is -2.32. The first-order chi connectivity index (χ1) is 13.7. The van der Waals surface area contributed by atoms with E-state index in [-0.39, 0.29) is 36.8 Å². The molecular formula is C23H30Cl2N4O. The number of hydrogen-bond donors (Lipinski definition) is 2. The van der Waals surface area contributed by atoms with Crippen LogP contribution in [0.25, 0.3) is 11.0 Å². The SMILES string of the molecule is Cl.Cl.Cn1c(C(NC(=O)CCC2CCNCC2)c2ccccc2)nc2ccccc21. The fourth-order valence-corrected chi connectivity index (χ4v) is 4.10. The van der Waals surface area contributed by atoms with E-state index in [2.05, 4.69) is 33.4 Å². The van der Waals surface area contributed by atoms with Crippen molar-refractivity contribution in [2.75, 3.05) is 13.1 Å². The zero-order valence-electron chi connectivity index (χ0n) is 17.2. The van der Waals surface area contributed by atoms with Crippen LogP contribution in [0.15, 0.2) is 54.6 Å². The smallest absolute Gasteiger partial charge is 0.220 e. The van der Waals surface area contributed by atoms with Crippen molar-refractivity contribution >= 4 is 41.8 Å². The maximum absolute atomic E-state index is 12.8. The third-order valence-corrected chi connectivity index (χ3v) is 5.76. The molecular weight excluding hydrogens is 419 g/mol. The molecule has 3 aromatic rings. The summed E-state index contributed by atoms with van der Waals surface area (Å²) >= 11 is 0. The minimum absolute atomic E-state index is 0. The summed E-state index contributed by atoms with van der Waals surface area (Å²) in [5.74, 6) is 1.61. The van der Waals surface area contributed by atoms with E-state index < -0.39 is 0 Å². The standard InChI is InChI=1S/C23H28N4O.2ClH/c1-27-20-10-6-5-9-19(20)25-23(27)22(18-7-3-2-4-8-18)26-21(28)12-11-17-13-15-24-16-14-17;;/h2-10,17,22,24H,11-16H2,1H3,(H,26,28);2*1H. The molecule has 0 radical (unpaired) electrons. The molecule has 4 rings (SSSR count). The fraction of sp³-hybridized carbons (Fsp3) is 0.391. The zero-order chi connectivity index (χ0) is 19.3. The number of halogens is 2. The van der Waals surface area contributed by atoms with Gasteiger partial charge < -0.3 is 15.2 Å². The van der Waals surface area contributed by atoms with Crippen LogP contribution in [-0.2, 0) is 11.8 Å². The van der Waals surface area contributed by atoms with Crippen LogP contribution in [0, 0.1) is 5.92 Å². The first-order valence-corrected chi connectivity index (χ1v) is 10.2. The van der Waals surface area contributed by atoms with Crippen LogP contribution in [0.5, 0.6) is 0 Å². The number of imidazole rings is 1. The molecule has 1 aromatic heterocycles. The normalized spacial score (nSPS) is 15.1. The van der Waals surface area contributed by atoms with Crippen molar-refractivity contribution < 1.29 is 4.79 Å². The summed E-state index contributed by atoms with van der Waals surface area (Å²) in [6, 6.07) is 17.9. The summed E-state index contributed by atoms with van der Waals surface area (Å²) in [4.78, 5) is 17.6. The third kappa shape index (κ3) is 5.54. The van der Waals surface area contributed by atoms with E-state index in [1.807, 2.05) is 43.4 Å². The van der Waals surface area contributed by atoms with E-state index in [0.717, 1.165) is 41.9 Å². The Labute approximate surface area is 190 Å². The maximum atomic E-state index is 12.8. The molecule has 30 heavy (non-hydrogen) atoms. The van der Waals surface area contributed by atoms with Gasteiger partial charge in [-0.1, -0.05) is 42.5 Å². The molecule has 0 bridgehead atoms. The van der Waals surface area contributed by atoms with Crippen LogP contribution in [0.2, 0.25) is 0 Å². The Morgan fingerprint density at radius 3 is 2.47 bits per heavy atom. The number of amides is 1. The van der Waals surface area contributed by atoms with Gasteiger partial charge in [-0.05, 0) is 56.0 Å². The number of fused-ring (bicyclic) bond motifs is 1. The van der Waals surface area contributed by atoms with Gasteiger partial charge in [-0.3, -0.25) is 4.79 Å². The molecule has 2 heterocycles. The first kappa shape index (κ1) is 24.2. The topological polar surface area (TPSA) is 59.0 Å². The number of hydrogen-bond acceptors (Lipinski definition) is 3. The van der Waals surface area contributed by atoms with Crippen molar-refractivity contribution in [2.24, 2.45) is 13.0 Å². The highest BCUT2D eigenvalue weighted by atomic mass is 35.5. The highest BCUT2D eigenvalue weighted by Gasteiger charge is 2.23. The lowest BCUT2D eigenvalue weighted by molar-refractivity contribution is -0.122. The average Bonchev–Trinajstić information content (AvgIpc) is 3.08. The van der Waals surface area contributed by atoms with Crippen molar-refractivity contribution in [3.63, 3.8) is 0 Å². The molecule has 0 saturated carbocycles. The highest BCUT2D eigenvalue weighted by molar-refractivity contribution is 5.85. The maximum Gasteiger partial charge on any atom is 0.220 e. The van der Waals surface area contributed by atoms with Gasteiger partial charge in [-0.15, -0.1) is 24.8 Å². The fourth-order valence-electron chi connectivity index (χ4n) is 4.10. The Morgan fingerprint density at radius 2 is 1.77 bits per heavy atom. The molecule has 2 aromatic carbocycles. The van der Waals surface area contributed by atoms with Gasteiger partial charge >= 0.3 is 0 Å². The molecule has 1 aliphatic heterocycles. The minimum atomic E-state index is -0.251. The van der Waals surface area contributed by atoms with Crippen molar-refractivity contribution in [3.05, 3.63) is 66.0 Å². The van der Waals surface area contributed by atoms with E-state index in [0.29, 0.717) is 12.3 Å². The Bertz CT molecular complexity index is 939. The van der Waals surface area contributed by atoms with Gasteiger partial charge in [0.2, 0.25) is 5.91 Å². The van der Waals surface area contributed by atoms with Crippen molar-refractivity contribution in [1.82, 2.24) is 20.2 Å². The van der Waals surface area contributed by atoms with E-state index in [1.165, 1.54) is 12.8 Å². The number of piperidine rings is 1. The number of benzene rings is 2. The van der Waals surface area contributed by atoms with E-state index in [4.69, 9.17) is 4.98 Å². The minimum Gasteiger partial charge on any atom is -0.342 e. The average molecular weight is 449 g/mol. The van der Waals surface area contributed by atoms with Crippen LogP contribution in [-0.4, -0.2) is 28.5 Å². The Kier molecular flexibility index (Phi) is 9.15. The zero-order valence-corrected chi connectivity index (χ0v) is 18.8. The lowest BCUT2D eigenvalue weighted by Gasteiger charge is -2.23. The summed E-state index contributed by atoms with van der Waals surface area (Å²) in [5, 5.41) is 6.64. The quantitative estimate of drug-likeness (QED) is 0.587. The number of para-hydroxylation sites is 2. The summed E-state index contributed by atoms with van der Waals surface area (Å²) in [6.45, 7) is 2.14. The second-order valence-electron chi connectivity index (χ2n) is 7.66. The van der Waals surface area contributed by atoms with Crippen molar-refractivity contribution in [3.8, 4) is 0 Å². The van der Waals surface area contributed by atoms with Crippen LogP contribution in [0.4, 0.5) is 0 Å². The Balaban J connectivity index is 0.00000160. The van der Waals surface area contributed by atoms with Gasteiger partial charge in [0.25, 0.3) is 0 Å². The number of carbonyl (C=O) groups is 1. The summed E-state index contributed by atoms with van der Waals surface area (Å²) in [5.41, 5.74) is 3.07. The van der Waals surface area contributed by atoms with E-state index in [9.17, 15) is 4.79 Å². The Hall–Kier alpha value is -2.08. The molecule has 1 aliphatic rings. The van der Waals surface area contributed by atoms with E-state index in [1.54, 1.807) is 0 Å². The summed E-state index contributed by atoms with van der Waals surface area (Å²) in [7, 11) is 2.02. The first-order valence-electron chi connectivity index (χ1n) is 10.2. The molecule has 1 saturated heterocycles.